The van der Waals surface area contributed by atoms with Crippen molar-refractivity contribution in [1.29, 1.82) is 0 Å². The molecule has 0 aliphatic rings. The molecule has 0 radical (unpaired) electrons. The van der Waals surface area contributed by atoms with Crippen LogP contribution in [0.1, 0.15) is 5.56 Å². The zero-order valence-electron chi connectivity index (χ0n) is 14.2. The Morgan fingerprint density at radius 1 is 1.18 bits per heavy atom. The van der Waals surface area contributed by atoms with Gasteiger partial charge in [-0.3, -0.25) is 0 Å². The van der Waals surface area contributed by atoms with Crippen molar-refractivity contribution in [2.45, 2.75) is 11.1 Å². The van der Waals surface area contributed by atoms with E-state index in [1.165, 1.54) is 18.2 Å². The second-order valence-corrected chi connectivity index (χ2v) is 7.86. The van der Waals surface area contributed by atoms with Gasteiger partial charge in [0, 0.05) is 17.5 Å². The number of halogens is 4. The van der Waals surface area contributed by atoms with Crippen LogP contribution in [0, 0.1) is 5.82 Å². The molecule has 1 heterocycles. The van der Waals surface area contributed by atoms with E-state index in [0.29, 0.717) is 6.07 Å². The standard InChI is InChI=1S/C16H13F4N5O2S/c1-28(26,27)10-4-2-3-8(5-10)13-11(16(18,19)20)6-9(7-12(13)17)22-15-23-14(21)24-25-15/h2-7H,1H3,(H4,21,22,23,24,25). The van der Waals surface area contributed by atoms with Crippen LogP contribution in [0.25, 0.3) is 11.1 Å². The molecule has 0 spiro atoms. The van der Waals surface area contributed by atoms with Crippen LogP contribution in [-0.4, -0.2) is 29.9 Å². The Morgan fingerprint density at radius 3 is 2.46 bits per heavy atom. The molecule has 148 valence electrons. The van der Waals surface area contributed by atoms with Crippen molar-refractivity contribution in [1.82, 2.24) is 15.2 Å². The Kier molecular flexibility index (Phi) is 4.75. The summed E-state index contributed by atoms with van der Waals surface area (Å²) < 4.78 is 78.9. The summed E-state index contributed by atoms with van der Waals surface area (Å²) in [4.78, 5) is 3.45. The van der Waals surface area contributed by atoms with Crippen LogP contribution in [0.5, 0.6) is 0 Å². The third kappa shape index (κ3) is 4.06. The maximum Gasteiger partial charge on any atom is 0.417 e. The van der Waals surface area contributed by atoms with E-state index in [-0.39, 0.29) is 28.0 Å². The number of nitrogens with one attached hydrogen (secondary N) is 2. The Hall–Kier alpha value is -3.15. The lowest BCUT2D eigenvalue weighted by Crippen LogP contribution is -2.10. The molecule has 1 aromatic heterocycles. The number of nitrogens with two attached hydrogens (primary N) is 1. The van der Waals surface area contributed by atoms with E-state index >= 15 is 0 Å². The molecular formula is C16H13F4N5O2S. The number of aromatic amines is 1. The van der Waals surface area contributed by atoms with E-state index < -0.39 is 33.0 Å². The first-order valence-electron chi connectivity index (χ1n) is 7.61. The minimum absolute atomic E-state index is 0.0724. The Labute approximate surface area is 156 Å². The van der Waals surface area contributed by atoms with Crippen LogP contribution in [0.3, 0.4) is 0 Å². The zero-order valence-corrected chi connectivity index (χ0v) is 15.0. The van der Waals surface area contributed by atoms with E-state index in [0.717, 1.165) is 18.4 Å². The van der Waals surface area contributed by atoms with Crippen molar-refractivity contribution in [2.24, 2.45) is 0 Å². The van der Waals surface area contributed by atoms with Gasteiger partial charge in [0.05, 0.1) is 10.5 Å². The van der Waals surface area contributed by atoms with Crippen LogP contribution in [0.2, 0.25) is 0 Å². The lowest BCUT2D eigenvalue weighted by Gasteiger charge is -2.16. The topological polar surface area (TPSA) is 114 Å². The molecule has 0 bridgehead atoms. The first-order chi connectivity index (χ1) is 12.9. The number of hydrogen-bond donors (Lipinski definition) is 3. The molecule has 12 heteroatoms. The predicted octanol–water partition coefficient (Wildman–Crippen LogP) is 3.36. The summed E-state index contributed by atoms with van der Waals surface area (Å²) in [5.74, 6) is -1.42. The molecule has 28 heavy (non-hydrogen) atoms. The van der Waals surface area contributed by atoms with Gasteiger partial charge in [0.2, 0.25) is 11.9 Å². The third-order valence-electron chi connectivity index (χ3n) is 3.71. The fraction of sp³-hybridized carbons (Fsp3) is 0.125. The summed E-state index contributed by atoms with van der Waals surface area (Å²) in [5, 5.41) is 8.29. The molecular weight excluding hydrogens is 402 g/mol. The highest BCUT2D eigenvalue weighted by Gasteiger charge is 2.36. The lowest BCUT2D eigenvalue weighted by atomic mass is 9.98. The number of rotatable bonds is 4. The molecule has 3 rings (SSSR count). The van der Waals surface area contributed by atoms with Crippen molar-refractivity contribution in [2.75, 3.05) is 17.3 Å². The summed E-state index contributed by atoms with van der Waals surface area (Å²) in [7, 11) is -3.69. The lowest BCUT2D eigenvalue weighted by molar-refractivity contribution is -0.137. The first-order valence-corrected chi connectivity index (χ1v) is 9.50. The fourth-order valence-electron chi connectivity index (χ4n) is 2.55. The van der Waals surface area contributed by atoms with Gasteiger partial charge in [-0.1, -0.05) is 12.1 Å². The summed E-state index contributed by atoms with van der Waals surface area (Å²) in [6.45, 7) is 0. The maximum atomic E-state index is 14.7. The van der Waals surface area contributed by atoms with Crippen molar-refractivity contribution >= 4 is 27.4 Å². The van der Waals surface area contributed by atoms with Gasteiger partial charge in [0.25, 0.3) is 0 Å². The summed E-state index contributed by atoms with van der Waals surface area (Å²) in [6, 6.07) is 6.17. The van der Waals surface area contributed by atoms with Gasteiger partial charge in [0.1, 0.15) is 5.82 Å². The number of hydrogen-bond acceptors (Lipinski definition) is 6. The minimum atomic E-state index is -4.91. The van der Waals surface area contributed by atoms with Crippen LogP contribution in [0.4, 0.5) is 35.1 Å². The second kappa shape index (κ2) is 6.78. The van der Waals surface area contributed by atoms with Gasteiger partial charge in [-0.25, -0.2) is 17.9 Å². The van der Waals surface area contributed by atoms with Crippen LogP contribution in [0.15, 0.2) is 41.3 Å². The second-order valence-electron chi connectivity index (χ2n) is 5.85. The highest BCUT2D eigenvalue weighted by Crippen LogP contribution is 2.41. The summed E-state index contributed by atoms with van der Waals surface area (Å²) in [6.07, 6.45) is -4.00. The van der Waals surface area contributed by atoms with Crippen LogP contribution in [-0.2, 0) is 16.0 Å². The number of anilines is 3. The average Bonchev–Trinajstić information content (AvgIpc) is 2.97. The van der Waals surface area contributed by atoms with E-state index in [2.05, 4.69) is 20.5 Å². The quantitative estimate of drug-likeness (QED) is 0.563. The summed E-state index contributed by atoms with van der Waals surface area (Å²) >= 11 is 0. The third-order valence-corrected chi connectivity index (χ3v) is 4.82. The SMILES string of the molecule is CS(=O)(=O)c1cccc(-c2c(F)cc(Nc3nc(N)n[nH]3)cc2C(F)(F)F)c1. The largest absolute Gasteiger partial charge is 0.417 e. The minimum Gasteiger partial charge on any atom is -0.366 e. The van der Waals surface area contributed by atoms with Gasteiger partial charge in [-0.2, -0.15) is 18.2 Å². The number of nitrogens with zero attached hydrogens (tertiary/aromatic N) is 2. The van der Waals surface area contributed by atoms with Crippen molar-refractivity contribution in [3.63, 3.8) is 0 Å². The number of aromatic nitrogens is 3. The maximum absolute atomic E-state index is 14.7. The van der Waals surface area contributed by atoms with Crippen LogP contribution >= 0.6 is 0 Å². The molecule has 0 atom stereocenters. The van der Waals surface area contributed by atoms with Gasteiger partial charge >= 0.3 is 6.18 Å². The first kappa shape index (κ1) is 19.6. The van der Waals surface area contributed by atoms with Gasteiger partial charge in [-0.15, -0.1) is 5.10 Å². The molecule has 0 fully saturated rings. The molecule has 2 aromatic carbocycles. The van der Waals surface area contributed by atoms with Crippen molar-refractivity contribution in [3.05, 3.63) is 47.8 Å². The number of nitrogen functional groups attached to an aromatic ring is 1. The Morgan fingerprint density at radius 2 is 1.89 bits per heavy atom. The van der Waals surface area contributed by atoms with Crippen molar-refractivity contribution < 1.29 is 26.0 Å². The number of alkyl halides is 3. The Balaban J connectivity index is 2.16. The van der Waals surface area contributed by atoms with Gasteiger partial charge < -0.3 is 11.1 Å². The zero-order chi connectivity index (χ0) is 20.7. The number of H-pyrrole nitrogens is 1. The summed E-state index contributed by atoms with van der Waals surface area (Å²) in [5.41, 5.74) is 2.80. The van der Waals surface area contributed by atoms with E-state index in [4.69, 9.17) is 5.73 Å². The molecule has 3 aromatic rings. The fourth-order valence-corrected chi connectivity index (χ4v) is 3.21. The molecule has 0 aliphatic carbocycles. The molecule has 4 N–H and O–H groups in total. The molecule has 0 aliphatic heterocycles. The van der Waals surface area contributed by atoms with E-state index in [1.54, 1.807) is 0 Å². The highest BCUT2D eigenvalue weighted by atomic mass is 32.2. The van der Waals surface area contributed by atoms with Crippen molar-refractivity contribution in [3.8, 4) is 11.1 Å². The molecule has 0 saturated heterocycles. The highest BCUT2D eigenvalue weighted by molar-refractivity contribution is 7.90. The van der Waals surface area contributed by atoms with Crippen LogP contribution < -0.4 is 11.1 Å². The molecule has 0 unspecified atom stereocenters. The number of sulfone groups is 1. The monoisotopic (exact) mass is 415 g/mol. The predicted molar refractivity (Wildman–Crippen MR) is 94.0 cm³/mol. The normalized spacial score (nSPS) is 12.2. The number of benzene rings is 2. The van der Waals surface area contributed by atoms with Gasteiger partial charge in [0.15, 0.2) is 9.84 Å². The molecule has 0 amide bonds. The molecule has 7 nitrogen and oxygen atoms in total. The smallest absolute Gasteiger partial charge is 0.366 e. The average molecular weight is 415 g/mol. The van der Waals surface area contributed by atoms with Gasteiger partial charge in [-0.05, 0) is 29.8 Å². The molecule has 0 saturated carbocycles. The van der Waals surface area contributed by atoms with E-state index in [9.17, 15) is 26.0 Å². The Bertz CT molecular complexity index is 1140. The van der Waals surface area contributed by atoms with E-state index in [1.807, 2.05) is 0 Å².